The Bertz CT molecular complexity index is 1680. The molecule has 210 valence electrons. The molecule has 0 aromatic heterocycles. The predicted molar refractivity (Wildman–Crippen MR) is 170 cm³/mol. The second-order valence-corrected chi connectivity index (χ2v) is 10.5. The fourth-order valence-electron chi connectivity index (χ4n) is 4.32. The number of benzene rings is 4. The molecular formula is C32H28ClIN2O5. The first-order chi connectivity index (χ1) is 19.8. The van der Waals surface area contributed by atoms with E-state index in [0.29, 0.717) is 52.5 Å². The summed E-state index contributed by atoms with van der Waals surface area (Å²) in [5.74, 6) is 1.19. The molecule has 0 saturated heterocycles. The summed E-state index contributed by atoms with van der Waals surface area (Å²) >= 11 is 8.34. The Morgan fingerprint density at radius 1 is 1.02 bits per heavy atom. The summed E-state index contributed by atoms with van der Waals surface area (Å²) in [6.45, 7) is 4.72. The number of carbonyl (C=O) groups excluding carboxylic acids is 1. The van der Waals surface area contributed by atoms with E-state index in [1.807, 2.05) is 31.2 Å². The van der Waals surface area contributed by atoms with Gasteiger partial charge in [-0.15, -0.1) is 0 Å². The van der Waals surface area contributed by atoms with Crippen LogP contribution in [0.25, 0.3) is 16.8 Å². The third kappa shape index (κ3) is 6.87. The zero-order valence-corrected chi connectivity index (χ0v) is 25.9. The summed E-state index contributed by atoms with van der Waals surface area (Å²) in [5, 5.41) is 15.1. The minimum atomic E-state index is -0.616. The number of methoxy groups -OCH3 is 2. The van der Waals surface area contributed by atoms with Crippen LogP contribution in [0.4, 0.5) is 5.69 Å². The van der Waals surface area contributed by atoms with E-state index >= 15 is 0 Å². The first kappa shape index (κ1) is 30.0. The standard InChI is InChI=1S/C32H28ClIN2O5/c1-5-40-30-14-20(12-22(17-35)32(37)36-27-16-28(38-3)25(33)15-29(27)39-4)13-26(34)31(30)41-18-24-19(2)10-11-21-8-6-7-9-23(21)24/h6-16H,5,18H2,1-4H3,(H,36,37)/b22-12+. The van der Waals surface area contributed by atoms with Crippen LogP contribution in [0.15, 0.2) is 66.2 Å². The Morgan fingerprint density at radius 3 is 2.49 bits per heavy atom. The molecule has 7 nitrogen and oxygen atoms in total. The monoisotopic (exact) mass is 682 g/mol. The SMILES string of the molecule is CCOc1cc(/C=C(\C#N)C(=O)Nc2cc(OC)c(Cl)cc2OC)cc(I)c1OCc1c(C)ccc2ccccc12. The third-order valence-corrected chi connectivity index (χ3v) is 7.46. The van der Waals surface area contributed by atoms with E-state index in [1.165, 1.54) is 32.4 Å². The average Bonchev–Trinajstić information content (AvgIpc) is 2.97. The number of nitrogens with one attached hydrogen (secondary N) is 1. The van der Waals surface area contributed by atoms with Gasteiger partial charge in [-0.05, 0) is 76.5 Å². The number of rotatable bonds is 10. The lowest BCUT2D eigenvalue weighted by Crippen LogP contribution is -2.14. The normalized spacial score (nSPS) is 11.1. The molecule has 41 heavy (non-hydrogen) atoms. The molecule has 0 unspecified atom stereocenters. The number of amides is 1. The molecule has 1 N–H and O–H groups in total. The number of halogens is 2. The highest BCUT2D eigenvalue weighted by Gasteiger charge is 2.18. The Labute approximate surface area is 257 Å². The van der Waals surface area contributed by atoms with Crippen molar-refractivity contribution in [2.75, 3.05) is 26.1 Å². The molecule has 0 fully saturated rings. The van der Waals surface area contributed by atoms with E-state index < -0.39 is 5.91 Å². The van der Waals surface area contributed by atoms with Crippen molar-refractivity contribution in [1.82, 2.24) is 0 Å². The first-order valence-corrected chi connectivity index (χ1v) is 14.2. The second-order valence-electron chi connectivity index (χ2n) is 8.94. The summed E-state index contributed by atoms with van der Waals surface area (Å²) in [5.41, 5.74) is 3.05. The van der Waals surface area contributed by atoms with Crippen molar-refractivity contribution in [1.29, 1.82) is 5.26 Å². The van der Waals surface area contributed by atoms with Crippen LogP contribution < -0.4 is 24.3 Å². The molecule has 4 aromatic carbocycles. The highest BCUT2D eigenvalue weighted by atomic mass is 127. The Hall–Kier alpha value is -3.94. The number of fused-ring (bicyclic) bond motifs is 1. The number of hydrogen-bond donors (Lipinski definition) is 1. The zero-order chi connectivity index (χ0) is 29.5. The van der Waals surface area contributed by atoms with Crippen molar-refractivity contribution in [3.63, 3.8) is 0 Å². The van der Waals surface area contributed by atoms with E-state index in [2.05, 4.69) is 59.1 Å². The molecule has 9 heteroatoms. The predicted octanol–water partition coefficient (Wildman–Crippen LogP) is 7.95. The number of nitrogens with zero attached hydrogens (tertiary/aromatic N) is 1. The molecule has 0 bridgehead atoms. The molecule has 0 saturated carbocycles. The van der Waals surface area contributed by atoms with Gasteiger partial charge in [-0.3, -0.25) is 4.79 Å². The lowest BCUT2D eigenvalue weighted by molar-refractivity contribution is -0.112. The van der Waals surface area contributed by atoms with Crippen molar-refractivity contribution in [2.45, 2.75) is 20.5 Å². The number of carbonyl (C=O) groups is 1. The van der Waals surface area contributed by atoms with Gasteiger partial charge in [0.2, 0.25) is 0 Å². The molecule has 0 heterocycles. The van der Waals surface area contributed by atoms with Gasteiger partial charge in [-0.2, -0.15) is 5.26 Å². The highest BCUT2D eigenvalue weighted by molar-refractivity contribution is 14.1. The molecule has 0 aliphatic carbocycles. The van der Waals surface area contributed by atoms with E-state index in [9.17, 15) is 10.1 Å². The summed E-state index contributed by atoms with van der Waals surface area (Å²) < 4.78 is 23.6. The highest BCUT2D eigenvalue weighted by Crippen LogP contribution is 2.38. The smallest absolute Gasteiger partial charge is 0.266 e. The summed E-state index contributed by atoms with van der Waals surface area (Å²) in [6, 6.07) is 21.0. The first-order valence-electron chi connectivity index (χ1n) is 12.7. The molecule has 0 spiro atoms. The summed E-state index contributed by atoms with van der Waals surface area (Å²) in [7, 11) is 2.92. The largest absolute Gasteiger partial charge is 0.495 e. The average molecular weight is 683 g/mol. The number of ether oxygens (including phenoxy) is 4. The van der Waals surface area contributed by atoms with Gasteiger partial charge in [-0.25, -0.2) is 0 Å². The summed E-state index contributed by atoms with van der Waals surface area (Å²) in [6.07, 6.45) is 1.50. The van der Waals surface area contributed by atoms with Gasteiger partial charge in [-0.1, -0.05) is 48.0 Å². The maximum Gasteiger partial charge on any atom is 0.266 e. The van der Waals surface area contributed by atoms with Crippen LogP contribution in [-0.2, 0) is 11.4 Å². The minimum Gasteiger partial charge on any atom is -0.495 e. The van der Waals surface area contributed by atoms with Gasteiger partial charge in [0.05, 0.1) is 35.1 Å². The van der Waals surface area contributed by atoms with Gasteiger partial charge in [0.1, 0.15) is 29.7 Å². The van der Waals surface area contributed by atoms with Crippen LogP contribution >= 0.6 is 34.2 Å². The van der Waals surface area contributed by atoms with Crippen LogP contribution in [0.1, 0.15) is 23.6 Å². The van der Waals surface area contributed by atoms with Gasteiger partial charge >= 0.3 is 0 Å². The van der Waals surface area contributed by atoms with E-state index in [0.717, 1.165) is 25.5 Å². The fraction of sp³-hybridized carbons (Fsp3) is 0.188. The maximum absolute atomic E-state index is 13.1. The van der Waals surface area contributed by atoms with Gasteiger partial charge in [0.25, 0.3) is 5.91 Å². The topological polar surface area (TPSA) is 89.8 Å². The number of aryl methyl sites for hydroxylation is 1. The lowest BCUT2D eigenvalue weighted by Gasteiger charge is -2.17. The Morgan fingerprint density at radius 2 is 1.78 bits per heavy atom. The van der Waals surface area contributed by atoms with Crippen molar-refractivity contribution < 1.29 is 23.7 Å². The molecule has 4 aromatic rings. The van der Waals surface area contributed by atoms with Crippen molar-refractivity contribution >= 4 is 62.6 Å². The molecule has 0 aliphatic heterocycles. The minimum absolute atomic E-state index is 0.112. The van der Waals surface area contributed by atoms with Gasteiger partial charge in [0.15, 0.2) is 11.5 Å². The van der Waals surface area contributed by atoms with Crippen molar-refractivity contribution in [3.05, 3.63) is 91.5 Å². The molecule has 0 atom stereocenters. The molecule has 0 aliphatic rings. The van der Waals surface area contributed by atoms with Gasteiger partial charge < -0.3 is 24.3 Å². The maximum atomic E-state index is 13.1. The van der Waals surface area contributed by atoms with Crippen LogP contribution in [0.3, 0.4) is 0 Å². The van der Waals surface area contributed by atoms with Gasteiger partial charge in [0, 0.05) is 17.7 Å². The van der Waals surface area contributed by atoms with E-state index in [1.54, 1.807) is 6.07 Å². The summed E-state index contributed by atoms with van der Waals surface area (Å²) in [4.78, 5) is 13.1. The second kappa shape index (κ2) is 13.6. The molecule has 1 amide bonds. The van der Waals surface area contributed by atoms with Crippen LogP contribution in [-0.4, -0.2) is 26.7 Å². The molecule has 0 radical (unpaired) electrons. The Balaban J connectivity index is 1.63. The van der Waals surface area contributed by atoms with Crippen molar-refractivity contribution in [2.24, 2.45) is 0 Å². The zero-order valence-electron chi connectivity index (χ0n) is 23.0. The van der Waals surface area contributed by atoms with E-state index in [4.69, 9.17) is 30.5 Å². The van der Waals surface area contributed by atoms with Crippen LogP contribution in [0.2, 0.25) is 5.02 Å². The third-order valence-electron chi connectivity index (χ3n) is 6.37. The fourth-order valence-corrected chi connectivity index (χ4v) is 5.33. The van der Waals surface area contributed by atoms with E-state index in [-0.39, 0.29) is 5.57 Å². The van der Waals surface area contributed by atoms with Crippen LogP contribution in [0, 0.1) is 21.8 Å². The molecule has 4 rings (SSSR count). The quantitative estimate of drug-likeness (QED) is 0.104. The number of nitriles is 1. The lowest BCUT2D eigenvalue weighted by atomic mass is 10.0. The molecular weight excluding hydrogens is 655 g/mol. The van der Waals surface area contributed by atoms with Crippen LogP contribution in [0.5, 0.6) is 23.0 Å². The Kier molecular flexibility index (Phi) is 9.97. The van der Waals surface area contributed by atoms with Crippen molar-refractivity contribution in [3.8, 4) is 29.1 Å². The number of anilines is 1. The number of hydrogen-bond acceptors (Lipinski definition) is 6.